The van der Waals surface area contributed by atoms with Gasteiger partial charge in [0.25, 0.3) is 0 Å². The van der Waals surface area contributed by atoms with Crippen molar-refractivity contribution in [2.45, 2.75) is 136 Å². The van der Waals surface area contributed by atoms with Gasteiger partial charge in [0, 0.05) is 0 Å². The van der Waals surface area contributed by atoms with E-state index < -0.39 is 0 Å². The summed E-state index contributed by atoms with van der Waals surface area (Å²) in [5.74, 6) is 3.09. The van der Waals surface area contributed by atoms with Gasteiger partial charge in [-0.15, -0.1) is 0 Å². The molecule has 1 saturated carbocycles. The number of benzene rings is 2. The van der Waals surface area contributed by atoms with Crippen LogP contribution in [0.4, 0.5) is 0 Å². The maximum Gasteiger partial charge on any atom is 0.119 e. The van der Waals surface area contributed by atoms with Crippen molar-refractivity contribution in [3.63, 3.8) is 0 Å². The van der Waals surface area contributed by atoms with Crippen LogP contribution in [0.3, 0.4) is 0 Å². The lowest BCUT2D eigenvalue weighted by atomic mass is 9.67. The quantitative estimate of drug-likeness (QED) is 0.175. The standard InChI is InChI=1S/C38H57NO/c1-5-6-7-8-9-10-11-29-40-37-21-19-35(20-22-37)33-15-17-34(18-16-33)36-24-27-38(30-39,28-25-36)26-23-32(4)14-12-13-31(2)3/h15-22,31-32,36H,5-14,23-29H2,1-4H3. The van der Waals surface area contributed by atoms with Crippen molar-refractivity contribution < 1.29 is 4.74 Å². The average Bonchev–Trinajstić information content (AvgIpc) is 2.98. The molecule has 3 rings (SSSR count). The zero-order valence-electron chi connectivity index (χ0n) is 26.2. The molecule has 2 heteroatoms. The van der Waals surface area contributed by atoms with Crippen molar-refractivity contribution in [2.75, 3.05) is 6.61 Å². The minimum Gasteiger partial charge on any atom is -0.494 e. The number of unbranched alkanes of at least 4 members (excludes halogenated alkanes) is 6. The van der Waals surface area contributed by atoms with Crippen molar-refractivity contribution >= 4 is 0 Å². The number of hydrogen-bond acceptors (Lipinski definition) is 2. The number of nitriles is 1. The predicted octanol–water partition coefficient (Wildman–Crippen LogP) is 11.9. The largest absolute Gasteiger partial charge is 0.494 e. The molecule has 0 saturated heterocycles. The zero-order chi connectivity index (χ0) is 28.6. The van der Waals surface area contributed by atoms with Crippen molar-refractivity contribution in [2.24, 2.45) is 17.3 Å². The molecule has 0 spiro atoms. The third-order valence-electron chi connectivity index (χ3n) is 9.36. The summed E-state index contributed by atoms with van der Waals surface area (Å²) >= 11 is 0. The summed E-state index contributed by atoms with van der Waals surface area (Å²) < 4.78 is 5.98. The summed E-state index contributed by atoms with van der Waals surface area (Å²) in [5.41, 5.74) is 3.84. The van der Waals surface area contributed by atoms with Gasteiger partial charge in [0.05, 0.1) is 18.1 Å². The van der Waals surface area contributed by atoms with E-state index in [0.29, 0.717) is 5.92 Å². The minimum absolute atomic E-state index is 0.0960. The first-order valence-electron chi connectivity index (χ1n) is 16.7. The Morgan fingerprint density at radius 2 is 1.38 bits per heavy atom. The lowest BCUT2D eigenvalue weighted by Crippen LogP contribution is -2.26. The van der Waals surface area contributed by atoms with Crippen LogP contribution in [0, 0.1) is 28.6 Å². The van der Waals surface area contributed by atoms with Crippen LogP contribution in [0.5, 0.6) is 5.75 Å². The van der Waals surface area contributed by atoms with E-state index in [4.69, 9.17) is 4.74 Å². The summed E-state index contributed by atoms with van der Waals surface area (Å²) in [4.78, 5) is 0. The Labute approximate surface area is 246 Å². The van der Waals surface area contributed by atoms with Crippen LogP contribution in [-0.2, 0) is 0 Å². The molecule has 220 valence electrons. The molecule has 40 heavy (non-hydrogen) atoms. The summed E-state index contributed by atoms with van der Waals surface area (Å²) in [5, 5.41) is 10.1. The Morgan fingerprint density at radius 3 is 1.98 bits per heavy atom. The van der Waals surface area contributed by atoms with Crippen molar-refractivity contribution in [1.82, 2.24) is 0 Å². The number of ether oxygens (including phenoxy) is 1. The maximum atomic E-state index is 10.1. The number of nitrogens with zero attached hydrogens (tertiary/aromatic N) is 1. The second kappa shape index (κ2) is 17.5. The van der Waals surface area contributed by atoms with Gasteiger partial charge < -0.3 is 4.74 Å². The van der Waals surface area contributed by atoms with Crippen LogP contribution in [0.2, 0.25) is 0 Å². The molecule has 2 nitrogen and oxygen atoms in total. The van der Waals surface area contributed by atoms with Gasteiger partial charge in [0.15, 0.2) is 0 Å². The second-order valence-corrected chi connectivity index (χ2v) is 13.3. The van der Waals surface area contributed by atoms with Gasteiger partial charge in [-0.25, -0.2) is 0 Å². The molecule has 2 aromatic carbocycles. The highest BCUT2D eigenvalue weighted by molar-refractivity contribution is 5.64. The lowest BCUT2D eigenvalue weighted by molar-refractivity contribution is 0.211. The van der Waals surface area contributed by atoms with Crippen LogP contribution in [0.15, 0.2) is 48.5 Å². The van der Waals surface area contributed by atoms with Crippen LogP contribution in [0.1, 0.15) is 142 Å². The molecule has 1 unspecified atom stereocenters. The summed E-state index contributed by atoms with van der Waals surface area (Å²) in [6, 6.07) is 20.5. The molecule has 0 radical (unpaired) electrons. The molecule has 0 aliphatic heterocycles. The van der Waals surface area contributed by atoms with Crippen LogP contribution >= 0.6 is 0 Å². The van der Waals surface area contributed by atoms with E-state index in [9.17, 15) is 5.26 Å². The zero-order valence-corrected chi connectivity index (χ0v) is 26.2. The van der Waals surface area contributed by atoms with Crippen LogP contribution in [0.25, 0.3) is 11.1 Å². The summed E-state index contributed by atoms with van der Waals surface area (Å²) in [6.45, 7) is 10.1. The van der Waals surface area contributed by atoms with E-state index in [0.717, 1.165) is 62.7 Å². The molecule has 1 aliphatic carbocycles. The SMILES string of the molecule is CCCCCCCCCOc1ccc(-c2ccc(C3CCC(C#N)(CCC(C)CCCC(C)C)CC3)cc2)cc1. The summed E-state index contributed by atoms with van der Waals surface area (Å²) in [6.07, 6.45) is 19.8. The van der Waals surface area contributed by atoms with Gasteiger partial charge in [-0.1, -0.05) is 122 Å². The third kappa shape index (κ3) is 11.0. The predicted molar refractivity (Wildman–Crippen MR) is 172 cm³/mol. The summed E-state index contributed by atoms with van der Waals surface area (Å²) in [7, 11) is 0. The van der Waals surface area contributed by atoms with Crippen LogP contribution in [-0.4, -0.2) is 6.61 Å². The molecule has 0 N–H and O–H groups in total. The van der Waals surface area contributed by atoms with E-state index in [2.05, 4.69) is 82.3 Å². The second-order valence-electron chi connectivity index (χ2n) is 13.3. The molecular formula is C38H57NO. The smallest absolute Gasteiger partial charge is 0.119 e. The molecule has 2 aromatic rings. The molecule has 0 amide bonds. The highest BCUT2D eigenvalue weighted by Crippen LogP contribution is 2.46. The molecular weight excluding hydrogens is 486 g/mol. The lowest BCUT2D eigenvalue weighted by Gasteiger charge is -2.36. The monoisotopic (exact) mass is 543 g/mol. The Morgan fingerprint density at radius 1 is 0.775 bits per heavy atom. The number of rotatable bonds is 18. The van der Waals surface area contributed by atoms with Gasteiger partial charge in [-0.2, -0.15) is 5.26 Å². The Kier molecular flexibility index (Phi) is 14.1. The van der Waals surface area contributed by atoms with Crippen molar-refractivity contribution in [3.05, 3.63) is 54.1 Å². The van der Waals surface area contributed by atoms with E-state index in [1.807, 2.05) is 0 Å². The minimum atomic E-state index is -0.0960. The first kappa shape index (κ1) is 32.2. The van der Waals surface area contributed by atoms with Gasteiger partial charge in [-0.3, -0.25) is 0 Å². The molecule has 0 heterocycles. The van der Waals surface area contributed by atoms with E-state index in [-0.39, 0.29) is 5.41 Å². The highest BCUT2D eigenvalue weighted by Gasteiger charge is 2.35. The first-order valence-corrected chi connectivity index (χ1v) is 16.7. The van der Waals surface area contributed by atoms with Crippen LogP contribution < -0.4 is 4.74 Å². The topological polar surface area (TPSA) is 33.0 Å². The third-order valence-corrected chi connectivity index (χ3v) is 9.36. The fourth-order valence-electron chi connectivity index (χ4n) is 6.40. The highest BCUT2D eigenvalue weighted by atomic mass is 16.5. The average molecular weight is 544 g/mol. The Bertz CT molecular complexity index is 976. The molecule has 1 atom stereocenters. The van der Waals surface area contributed by atoms with Gasteiger partial charge in [0.2, 0.25) is 0 Å². The maximum absolute atomic E-state index is 10.1. The van der Waals surface area contributed by atoms with Crippen molar-refractivity contribution in [1.29, 1.82) is 5.26 Å². The van der Waals surface area contributed by atoms with E-state index in [1.165, 1.54) is 80.9 Å². The first-order chi connectivity index (χ1) is 19.4. The van der Waals surface area contributed by atoms with Gasteiger partial charge >= 0.3 is 0 Å². The van der Waals surface area contributed by atoms with Gasteiger partial charge in [-0.05, 0) is 91.5 Å². The fraction of sp³-hybridized carbons (Fsp3) is 0.658. The van der Waals surface area contributed by atoms with E-state index >= 15 is 0 Å². The van der Waals surface area contributed by atoms with Crippen molar-refractivity contribution in [3.8, 4) is 22.9 Å². The Hall–Kier alpha value is -2.27. The number of hydrogen-bond donors (Lipinski definition) is 0. The van der Waals surface area contributed by atoms with E-state index in [1.54, 1.807) is 0 Å². The molecule has 1 aliphatic rings. The van der Waals surface area contributed by atoms with Gasteiger partial charge in [0.1, 0.15) is 5.75 Å². The Balaban J connectivity index is 1.41. The molecule has 0 aromatic heterocycles. The molecule has 0 bridgehead atoms. The fourth-order valence-corrected chi connectivity index (χ4v) is 6.40. The normalized spacial score (nSPS) is 19.9. The molecule has 1 fully saturated rings.